The Bertz CT molecular complexity index is 755. The molecule has 156 valence electrons. The predicted octanol–water partition coefficient (Wildman–Crippen LogP) is 2.53. The van der Waals surface area contributed by atoms with Crippen LogP contribution < -0.4 is 16.0 Å². The van der Waals surface area contributed by atoms with Crippen LogP contribution in [-0.2, 0) is 4.79 Å². The number of benzene rings is 1. The number of amides is 1. The molecule has 1 atom stereocenters. The maximum Gasteiger partial charge on any atom is 0.221 e. The van der Waals surface area contributed by atoms with E-state index >= 15 is 0 Å². The molecule has 0 spiro atoms. The number of nitrogens with zero attached hydrogens (tertiary/aromatic N) is 3. The van der Waals surface area contributed by atoms with E-state index in [9.17, 15) is 4.79 Å². The highest BCUT2D eigenvalue weighted by atomic mass is 16.1. The third kappa shape index (κ3) is 6.27. The minimum atomic E-state index is -0.179. The molecular formula is C23H33N5O. The molecule has 1 aliphatic rings. The van der Waals surface area contributed by atoms with Gasteiger partial charge < -0.3 is 16.0 Å². The van der Waals surface area contributed by atoms with Crippen LogP contribution in [0.2, 0.25) is 0 Å². The summed E-state index contributed by atoms with van der Waals surface area (Å²) >= 11 is 0. The molecule has 1 aliphatic heterocycles. The van der Waals surface area contributed by atoms with Crippen LogP contribution in [0.15, 0.2) is 48.7 Å². The van der Waals surface area contributed by atoms with Crippen molar-refractivity contribution in [3.8, 4) is 0 Å². The van der Waals surface area contributed by atoms with Crippen LogP contribution in [0.5, 0.6) is 0 Å². The summed E-state index contributed by atoms with van der Waals surface area (Å²) in [6.45, 7) is 9.37. The molecule has 3 N–H and O–H groups in total. The third-order valence-corrected chi connectivity index (χ3v) is 5.55. The second kappa shape index (κ2) is 10.4. The Morgan fingerprint density at radius 2 is 1.76 bits per heavy atom. The first-order valence-electron chi connectivity index (χ1n) is 10.5. The fraction of sp³-hybridized carbons (Fsp3) is 0.478. The number of nitrogens with two attached hydrogens (primary N) is 1. The van der Waals surface area contributed by atoms with Crippen LogP contribution in [0.1, 0.15) is 43.4 Å². The minimum absolute atomic E-state index is 0.0615. The zero-order valence-electron chi connectivity index (χ0n) is 17.6. The van der Waals surface area contributed by atoms with Crippen molar-refractivity contribution in [3.05, 3.63) is 59.8 Å². The summed E-state index contributed by atoms with van der Waals surface area (Å²) in [6.07, 6.45) is 2.33. The van der Waals surface area contributed by atoms with Gasteiger partial charge in [-0.05, 0) is 29.2 Å². The van der Waals surface area contributed by atoms with E-state index in [2.05, 4.69) is 58.2 Å². The van der Waals surface area contributed by atoms with Gasteiger partial charge in [0, 0.05) is 57.9 Å². The first kappa shape index (κ1) is 21.3. The molecule has 1 saturated heterocycles. The number of hydrogen-bond donors (Lipinski definition) is 2. The smallest absolute Gasteiger partial charge is 0.221 e. The van der Waals surface area contributed by atoms with E-state index in [4.69, 9.17) is 5.73 Å². The van der Waals surface area contributed by atoms with Gasteiger partial charge in [-0.3, -0.25) is 9.69 Å². The monoisotopic (exact) mass is 395 g/mol. The fourth-order valence-electron chi connectivity index (χ4n) is 3.56. The molecule has 1 aromatic heterocycles. The lowest BCUT2D eigenvalue weighted by Gasteiger charge is -2.35. The van der Waals surface area contributed by atoms with E-state index in [1.165, 1.54) is 5.56 Å². The summed E-state index contributed by atoms with van der Waals surface area (Å²) in [5, 5.41) is 2.98. The minimum Gasteiger partial charge on any atom is -0.354 e. The summed E-state index contributed by atoms with van der Waals surface area (Å²) in [4.78, 5) is 21.3. The molecule has 1 aromatic carbocycles. The second-order valence-electron chi connectivity index (χ2n) is 8.00. The molecule has 3 rings (SSSR count). The average molecular weight is 396 g/mol. The van der Waals surface area contributed by atoms with Gasteiger partial charge in [-0.25, -0.2) is 4.98 Å². The van der Waals surface area contributed by atoms with Gasteiger partial charge in [-0.15, -0.1) is 0 Å². The van der Waals surface area contributed by atoms with E-state index in [-0.39, 0.29) is 11.9 Å². The maximum atomic E-state index is 12.2. The fourth-order valence-corrected chi connectivity index (χ4v) is 3.56. The Labute approximate surface area is 174 Å². The Balaban J connectivity index is 1.35. The molecule has 1 amide bonds. The zero-order valence-corrected chi connectivity index (χ0v) is 17.6. The molecule has 2 heterocycles. The largest absolute Gasteiger partial charge is 0.354 e. The Kier molecular flexibility index (Phi) is 7.61. The molecular weight excluding hydrogens is 362 g/mol. The van der Waals surface area contributed by atoms with E-state index in [0.29, 0.717) is 18.9 Å². The number of carbonyl (C=O) groups excluding carboxylic acids is 1. The molecule has 0 bridgehead atoms. The van der Waals surface area contributed by atoms with Crippen molar-refractivity contribution in [1.82, 2.24) is 15.2 Å². The molecule has 29 heavy (non-hydrogen) atoms. The molecule has 2 aromatic rings. The topological polar surface area (TPSA) is 74.5 Å². The van der Waals surface area contributed by atoms with Crippen molar-refractivity contribution in [2.45, 2.75) is 32.2 Å². The van der Waals surface area contributed by atoms with Gasteiger partial charge in [0.25, 0.3) is 0 Å². The van der Waals surface area contributed by atoms with E-state index < -0.39 is 0 Å². The average Bonchev–Trinajstić information content (AvgIpc) is 2.77. The first-order chi connectivity index (χ1) is 14.0. The summed E-state index contributed by atoms with van der Waals surface area (Å²) in [6, 6.07) is 14.2. The van der Waals surface area contributed by atoms with Crippen LogP contribution in [-0.4, -0.2) is 55.1 Å². The highest BCUT2D eigenvalue weighted by molar-refractivity contribution is 5.76. The molecule has 1 unspecified atom stereocenters. The van der Waals surface area contributed by atoms with Gasteiger partial charge in [-0.1, -0.05) is 44.2 Å². The van der Waals surface area contributed by atoms with Crippen LogP contribution in [0.4, 0.5) is 5.82 Å². The van der Waals surface area contributed by atoms with E-state index in [1.54, 1.807) is 0 Å². The molecule has 1 fully saturated rings. The quantitative estimate of drug-likeness (QED) is 0.718. The number of anilines is 1. The maximum absolute atomic E-state index is 12.2. The Morgan fingerprint density at radius 1 is 1.07 bits per heavy atom. The highest BCUT2D eigenvalue weighted by Gasteiger charge is 2.18. The van der Waals surface area contributed by atoms with Crippen molar-refractivity contribution in [1.29, 1.82) is 0 Å². The summed E-state index contributed by atoms with van der Waals surface area (Å²) < 4.78 is 0. The second-order valence-corrected chi connectivity index (χ2v) is 8.00. The number of hydrogen-bond acceptors (Lipinski definition) is 5. The molecule has 0 aliphatic carbocycles. The number of nitrogens with one attached hydrogen (secondary N) is 1. The Morgan fingerprint density at radius 3 is 2.38 bits per heavy atom. The molecule has 6 nitrogen and oxygen atoms in total. The summed E-state index contributed by atoms with van der Waals surface area (Å²) in [5.41, 5.74) is 8.60. The van der Waals surface area contributed by atoms with Gasteiger partial charge in [0.1, 0.15) is 5.82 Å². The van der Waals surface area contributed by atoms with Crippen LogP contribution in [0.3, 0.4) is 0 Å². The van der Waals surface area contributed by atoms with Gasteiger partial charge >= 0.3 is 0 Å². The summed E-state index contributed by atoms with van der Waals surface area (Å²) in [7, 11) is 0. The van der Waals surface area contributed by atoms with Gasteiger partial charge in [-0.2, -0.15) is 0 Å². The lowest BCUT2D eigenvalue weighted by atomic mass is 9.99. The molecule has 0 saturated carbocycles. The van der Waals surface area contributed by atoms with Crippen LogP contribution in [0, 0.1) is 0 Å². The van der Waals surface area contributed by atoms with Crippen molar-refractivity contribution < 1.29 is 4.79 Å². The molecule has 6 heteroatoms. The van der Waals surface area contributed by atoms with E-state index in [1.807, 2.05) is 24.4 Å². The highest BCUT2D eigenvalue weighted by Crippen LogP contribution is 2.17. The Hall–Kier alpha value is -2.44. The van der Waals surface area contributed by atoms with Gasteiger partial charge in [0.05, 0.1) is 0 Å². The lowest BCUT2D eigenvalue weighted by molar-refractivity contribution is -0.121. The van der Waals surface area contributed by atoms with Crippen molar-refractivity contribution >= 4 is 11.7 Å². The standard InChI is InChI=1S/C23H33N5O/c1-18(2)19-6-8-20(9-7-19)21(24)17-26-23(29)10-12-27-13-15-28(16-14-27)22-5-3-4-11-25-22/h3-9,11,18,21H,10,12-17,24H2,1-2H3,(H,26,29). The number of carbonyl (C=O) groups is 1. The van der Waals surface area contributed by atoms with E-state index in [0.717, 1.165) is 44.1 Å². The lowest BCUT2D eigenvalue weighted by Crippen LogP contribution is -2.47. The number of pyridine rings is 1. The van der Waals surface area contributed by atoms with Gasteiger partial charge in [0.15, 0.2) is 0 Å². The van der Waals surface area contributed by atoms with Gasteiger partial charge in [0.2, 0.25) is 5.91 Å². The normalized spacial score (nSPS) is 16.1. The predicted molar refractivity (Wildman–Crippen MR) is 118 cm³/mol. The zero-order chi connectivity index (χ0) is 20.6. The SMILES string of the molecule is CC(C)c1ccc(C(N)CNC(=O)CCN2CCN(c3ccccn3)CC2)cc1. The van der Waals surface area contributed by atoms with Crippen molar-refractivity contribution in [3.63, 3.8) is 0 Å². The number of aromatic nitrogens is 1. The number of piperazine rings is 1. The molecule has 0 radical (unpaired) electrons. The van der Waals surface area contributed by atoms with Crippen molar-refractivity contribution in [2.24, 2.45) is 5.73 Å². The van der Waals surface area contributed by atoms with Crippen molar-refractivity contribution in [2.75, 3.05) is 44.2 Å². The third-order valence-electron chi connectivity index (χ3n) is 5.55. The van der Waals surface area contributed by atoms with Crippen LogP contribution in [0.25, 0.3) is 0 Å². The van der Waals surface area contributed by atoms with Crippen LogP contribution >= 0.6 is 0 Å². The first-order valence-corrected chi connectivity index (χ1v) is 10.5. The number of rotatable bonds is 8. The summed E-state index contributed by atoms with van der Waals surface area (Å²) in [5.74, 6) is 1.59.